The highest BCUT2D eigenvalue weighted by Gasteiger charge is 2.37. The van der Waals surface area contributed by atoms with Gasteiger partial charge in [-0.05, 0) is 98.6 Å². The molecule has 55 heavy (non-hydrogen) atoms. The molecule has 3 nitrogen and oxygen atoms in total. The van der Waals surface area contributed by atoms with Gasteiger partial charge in [-0.3, -0.25) is 4.98 Å². The van der Waals surface area contributed by atoms with Gasteiger partial charge < -0.3 is 4.90 Å². The molecule has 0 fully saturated rings. The zero-order valence-electron chi connectivity index (χ0n) is 30.3. The Balaban J connectivity index is 0.886. The molecule has 3 heteroatoms. The molecular formula is C52H37N3. The predicted molar refractivity (Wildman–Crippen MR) is 230 cm³/mol. The smallest absolute Gasteiger partial charge is 0.0968 e. The van der Waals surface area contributed by atoms with E-state index in [9.17, 15) is 0 Å². The van der Waals surface area contributed by atoms with Crippen LogP contribution in [0.3, 0.4) is 0 Å². The first kappa shape index (κ1) is 31.7. The van der Waals surface area contributed by atoms with E-state index < -0.39 is 0 Å². The molecular weight excluding hydrogens is 667 g/mol. The molecule has 2 unspecified atom stereocenters. The van der Waals surface area contributed by atoms with Crippen LogP contribution in [-0.4, -0.2) is 16.0 Å². The van der Waals surface area contributed by atoms with Gasteiger partial charge in [0, 0.05) is 28.2 Å². The third-order valence-corrected chi connectivity index (χ3v) is 11.7. The van der Waals surface area contributed by atoms with E-state index in [-0.39, 0.29) is 6.04 Å². The summed E-state index contributed by atoms with van der Waals surface area (Å²) in [6.07, 6.45) is 17.5. The third-order valence-electron chi connectivity index (χ3n) is 11.7. The maximum atomic E-state index is 5.28. The van der Waals surface area contributed by atoms with E-state index in [1.54, 1.807) is 0 Å². The minimum Gasteiger partial charge on any atom is -0.333 e. The number of allylic oxidation sites excluding steroid dienone is 3. The second-order valence-corrected chi connectivity index (χ2v) is 14.8. The Labute approximate surface area is 321 Å². The summed E-state index contributed by atoms with van der Waals surface area (Å²) >= 11 is 0. The van der Waals surface area contributed by atoms with Crippen molar-refractivity contribution >= 4 is 39.3 Å². The number of para-hydroxylation sites is 1. The number of nitrogens with zero attached hydrogens (tertiary/aromatic N) is 3. The molecule has 0 N–H and O–H groups in total. The Kier molecular flexibility index (Phi) is 7.44. The summed E-state index contributed by atoms with van der Waals surface area (Å²) in [5.74, 6) is 0.371. The van der Waals surface area contributed by atoms with Crippen LogP contribution in [0.4, 0.5) is 11.4 Å². The normalized spacial score (nSPS) is 16.7. The van der Waals surface area contributed by atoms with Crippen molar-refractivity contribution in [3.8, 4) is 44.6 Å². The highest BCUT2D eigenvalue weighted by atomic mass is 15.2. The average Bonchev–Trinajstić information content (AvgIpc) is 3.61. The maximum Gasteiger partial charge on any atom is 0.0968 e. The van der Waals surface area contributed by atoms with E-state index in [1.807, 2.05) is 6.20 Å². The van der Waals surface area contributed by atoms with Crippen LogP contribution < -0.4 is 4.90 Å². The summed E-state index contributed by atoms with van der Waals surface area (Å²) in [5.41, 5.74) is 17.6. The van der Waals surface area contributed by atoms with Crippen molar-refractivity contribution in [2.75, 3.05) is 4.90 Å². The summed E-state index contributed by atoms with van der Waals surface area (Å²) in [6, 6.07) is 53.3. The molecule has 0 radical (unpaired) electrons. The third kappa shape index (κ3) is 5.34. The van der Waals surface area contributed by atoms with Crippen molar-refractivity contribution < 1.29 is 0 Å². The van der Waals surface area contributed by atoms with Gasteiger partial charge in [0.15, 0.2) is 0 Å². The van der Waals surface area contributed by atoms with Crippen LogP contribution in [0, 0.1) is 0 Å². The quantitative estimate of drug-likeness (QED) is 0.167. The molecule has 2 heterocycles. The summed E-state index contributed by atoms with van der Waals surface area (Å²) < 4.78 is 0. The minimum atomic E-state index is 0.285. The van der Waals surface area contributed by atoms with Gasteiger partial charge in [-0.15, -0.1) is 0 Å². The molecule has 0 spiro atoms. The molecule has 2 atom stereocenters. The lowest BCUT2D eigenvalue weighted by molar-refractivity contribution is 0.745. The van der Waals surface area contributed by atoms with E-state index in [4.69, 9.17) is 9.97 Å². The van der Waals surface area contributed by atoms with E-state index >= 15 is 0 Å². The number of rotatable bonds is 5. The van der Waals surface area contributed by atoms with Gasteiger partial charge in [-0.2, -0.15) is 0 Å². The Morgan fingerprint density at radius 2 is 1.20 bits per heavy atom. The number of aryl methyl sites for hydroxylation is 1. The molecule has 260 valence electrons. The number of benzene rings is 7. The van der Waals surface area contributed by atoms with Crippen molar-refractivity contribution in [2.24, 2.45) is 0 Å². The molecule has 11 rings (SSSR count). The summed E-state index contributed by atoms with van der Waals surface area (Å²) in [4.78, 5) is 12.8. The molecule has 2 aliphatic carbocycles. The fourth-order valence-corrected chi connectivity index (χ4v) is 9.04. The van der Waals surface area contributed by atoms with Crippen molar-refractivity contribution in [2.45, 2.75) is 24.8 Å². The van der Waals surface area contributed by atoms with Gasteiger partial charge in [0.1, 0.15) is 0 Å². The van der Waals surface area contributed by atoms with Crippen molar-refractivity contribution in [1.29, 1.82) is 0 Å². The van der Waals surface area contributed by atoms with Crippen molar-refractivity contribution in [3.63, 3.8) is 0 Å². The number of aromatic nitrogens is 2. The lowest BCUT2D eigenvalue weighted by Gasteiger charge is -2.29. The first-order valence-corrected chi connectivity index (χ1v) is 19.3. The SMILES string of the molecule is C1=CC2c3ccccc3N(c3cccc(-c4cccc(-c5ccc(-c6cccc(-c7cnc8c(n7)c7c(c9ccccc98)C=CCC7)c6)cc5)c4)c3)C2C=C1. The van der Waals surface area contributed by atoms with E-state index in [2.05, 4.69) is 187 Å². The second-order valence-electron chi connectivity index (χ2n) is 14.8. The fourth-order valence-electron chi connectivity index (χ4n) is 9.04. The first-order chi connectivity index (χ1) is 27.3. The highest BCUT2D eigenvalue weighted by Crippen LogP contribution is 2.48. The Bertz CT molecular complexity index is 2900. The largest absolute Gasteiger partial charge is 0.333 e. The molecule has 1 aliphatic heterocycles. The van der Waals surface area contributed by atoms with E-state index in [1.165, 1.54) is 61.3 Å². The van der Waals surface area contributed by atoms with Gasteiger partial charge in [0.05, 0.1) is 29.0 Å². The highest BCUT2D eigenvalue weighted by molar-refractivity contribution is 6.10. The standard InChI is InChI=1S/C52H37N3/c1-3-22-46-42(18-1)43-19-2-4-23-47(43)52-51(46)53-33-48(54-52)40-16-10-13-37(31-40)35-28-26-34(27-29-35)36-12-9-14-38(30-36)39-15-11-17-41(32-39)55-49-24-7-5-20-44(49)45-21-6-8-25-50(45)55/h1-3,5-22,24-33,44,49H,4,23H2. The number of hydrogen-bond donors (Lipinski definition) is 0. The fraction of sp³-hybridized carbons (Fsp3) is 0.0769. The maximum absolute atomic E-state index is 5.28. The van der Waals surface area contributed by atoms with Gasteiger partial charge in [-0.25, -0.2) is 4.98 Å². The summed E-state index contributed by atoms with van der Waals surface area (Å²) in [5, 5.41) is 2.42. The van der Waals surface area contributed by atoms with Crippen LogP contribution in [0.5, 0.6) is 0 Å². The molecule has 7 aromatic carbocycles. The van der Waals surface area contributed by atoms with Gasteiger partial charge >= 0.3 is 0 Å². The Hall–Kier alpha value is -6.84. The Morgan fingerprint density at radius 3 is 2.02 bits per heavy atom. The zero-order chi connectivity index (χ0) is 36.3. The monoisotopic (exact) mass is 703 g/mol. The van der Waals surface area contributed by atoms with E-state index in [0.717, 1.165) is 46.1 Å². The summed E-state index contributed by atoms with van der Waals surface area (Å²) in [6.45, 7) is 0. The molecule has 0 saturated carbocycles. The van der Waals surface area contributed by atoms with Gasteiger partial charge in [0.2, 0.25) is 0 Å². The van der Waals surface area contributed by atoms with E-state index in [0.29, 0.717) is 5.92 Å². The second kappa shape index (κ2) is 12.9. The molecule has 1 aromatic heterocycles. The van der Waals surface area contributed by atoms with Crippen molar-refractivity contribution in [1.82, 2.24) is 9.97 Å². The lowest BCUT2D eigenvalue weighted by Crippen LogP contribution is -2.28. The molecule has 0 amide bonds. The number of anilines is 2. The number of fused-ring (bicyclic) bond motifs is 9. The minimum absolute atomic E-state index is 0.285. The number of hydrogen-bond acceptors (Lipinski definition) is 3. The molecule has 8 aromatic rings. The van der Waals surface area contributed by atoms with Crippen molar-refractivity contribution in [3.05, 3.63) is 199 Å². The van der Waals surface area contributed by atoms with Crippen LogP contribution in [0.2, 0.25) is 0 Å². The van der Waals surface area contributed by atoms with Crippen LogP contribution in [-0.2, 0) is 6.42 Å². The lowest BCUT2D eigenvalue weighted by atomic mass is 9.90. The predicted octanol–water partition coefficient (Wildman–Crippen LogP) is 13.1. The molecule has 0 saturated heterocycles. The first-order valence-electron chi connectivity index (χ1n) is 19.3. The van der Waals surface area contributed by atoms with Crippen LogP contribution in [0.15, 0.2) is 182 Å². The molecule has 3 aliphatic rings. The summed E-state index contributed by atoms with van der Waals surface area (Å²) in [7, 11) is 0. The van der Waals surface area contributed by atoms with Crippen LogP contribution in [0.25, 0.3) is 72.5 Å². The van der Waals surface area contributed by atoms with Gasteiger partial charge in [-0.1, -0.05) is 152 Å². The molecule has 0 bridgehead atoms. The van der Waals surface area contributed by atoms with Crippen LogP contribution >= 0.6 is 0 Å². The zero-order valence-corrected chi connectivity index (χ0v) is 30.3. The van der Waals surface area contributed by atoms with Gasteiger partial charge in [0.25, 0.3) is 0 Å². The Morgan fingerprint density at radius 1 is 0.545 bits per heavy atom. The average molecular weight is 704 g/mol. The topological polar surface area (TPSA) is 29.0 Å². The van der Waals surface area contributed by atoms with Crippen LogP contribution in [0.1, 0.15) is 29.0 Å².